The second-order valence-electron chi connectivity index (χ2n) is 6.98. The summed E-state index contributed by atoms with van der Waals surface area (Å²) in [6.45, 7) is 6.60. The highest BCUT2D eigenvalue weighted by molar-refractivity contribution is 6.05. The third-order valence-electron chi connectivity index (χ3n) is 4.46. The van der Waals surface area contributed by atoms with E-state index in [1.807, 2.05) is 44.2 Å². The summed E-state index contributed by atoms with van der Waals surface area (Å²) in [6.07, 6.45) is 2.10. The van der Waals surface area contributed by atoms with Gasteiger partial charge in [-0.15, -0.1) is 0 Å². The number of hydrogen-bond donors (Lipinski definition) is 0. The van der Waals surface area contributed by atoms with Crippen molar-refractivity contribution in [3.05, 3.63) is 42.2 Å². The lowest BCUT2D eigenvalue weighted by Crippen LogP contribution is -2.38. The van der Waals surface area contributed by atoms with Crippen LogP contribution >= 0.6 is 0 Å². The summed E-state index contributed by atoms with van der Waals surface area (Å²) in [6, 6.07) is 9.66. The summed E-state index contributed by atoms with van der Waals surface area (Å²) < 4.78 is 5.31. The van der Waals surface area contributed by atoms with E-state index in [9.17, 15) is 9.59 Å². The van der Waals surface area contributed by atoms with Crippen molar-refractivity contribution in [2.24, 2.45) is 5.92 Å². The van der Waals surface area contributed by atoms with Crippen LogP contribution in [0.25, 0.3) is 10.8 Å². The number of ether oxygens (including phenoxy) is 1. The molecule has 1 aromatic heterocycles. The molecule has 138 valence electrons. The van der Waals surface area contributed by atoms with E-state index in [0.29, 0.717) is 44.4 Å². The van der Waals surface area contributed by atoms with Gasteiger partial charge in [-0.1, -0.05) is 38.1 Å². The first-order valence-electron chi connectivity index (χ1n) is 9.11. The molecule has 26 heavy (non-hydrogen) atoms. The summed E-state index contributed by atoms with van der Waals surface area (Å²) in [5, 5.41) is 1.86. The first-order valence-corrected chi connectivity index (χ1v) is 9.11. The Morgan fingerprint density at radius 2 is 1.81 bits per heavy atom. The fraction of sp³-hybridized carbons (Fsp3) is 0.450. The minimum absolute atomic E-state index is 0.0841. The van der Waals surface area contributed by atoms with Gasteiger partial charge in [-0.2, -0.15) is 0 Å². The van der Waals surface area contributed by atoms with E-state index in [2.05, 4.69) is 4.98 Å². The molecule has 2 amide bonds. The number of carbonyl (C=O) groups excluding carboxylic acids is 2. The number of hydrogen-bond acceptors (Lipinski definition) is 4. The quantitative estimate of drug-likeness (QED) is 0.848. The van der Waals surface area contributed by atoms with Crippen molar-refractivity contribution in [1.82, 2.24) is 14.8 Å². The Morgan fingerprint density at radius 3 is 2.62 bits per heavy atom. The van der Waals surface area contributed by atoms with Gasteiger partial charge in [0.25, 0.3) is 5.91 Å². The van der Waals surface area contributed by atoms with E-state index in [1.54, 1.807) is 16.0 Å². The molecule has 1 aliphatic heterocycles. The molecule has 1 saturated heterocycles. The third-order valence-corrected chi connectivity index (χ3v) is 4.46. The molecular formula is C20H25N3O3. The van der Waals surface area contributed by atoms with Crippen molar-refractivity contribution in [1.29, 1.82) is 0 Å². The molecule has 0 saturated carbocycles. The maximum Gasteiger partial charge on any atom is 0.409 e. The van der Waals surface area contributed by atoms with Gasteiger partial charge in [-0.3, -0.25) is 9.78 Å². The average Bonchev–Trinajstić information content (AvgIpc) is 2.91. The summed E-state index contributed by atoms with van der Waals surface area (Å²) in [5.41, 5.74) is 0.471. The number of pyridine rings is 1. The lowest BCUT2D eigenvalue weighted by molar-refractivity contribution is 0.0743. The van der Waals surface area contributed by atoms with Gasteiger partial charge in [0, 0.05) is 37.8 Å². The van der Waals surface area contributed by atoms with Crippen LogP contribution in [0.4, 0.5) is 4.79 Å². The molecule has 0 unspecified atom stereocenters. The molecule has 6 nitrogen and oxygen atoms in total. The van der Waals surface area contributed by atoms with Crippen molar-refractivity contribution in [2.75, 3.05) is 32.8 Å². The number of aromatic nitrogens is 1. The molecule has 0 atom stereocenters. The smallest absolute Gasteiger partial charge is 0.409 e. The van der Waals surface area contributed by atoms with Crippen LogP contribution in [0.15, 0.2) is 36.5 Å². The summed E-state index contributed by atoms with van der Waals surface area (Å²) in [5.74, 6) is 0.223. The maximum atomic E-state index is 13.0. The fourth-order valence-electron chi connectivity index (χ4n) is 3.07. The number of amides is 2. The number of rotatable bonds is 3. The van der Waals surface area contributed by atoms with Crippen LogP contribution in [0, 0.1) is 5.92 Å². The zero-order valence-corrected chi connectivity index (χ0v) is 15.4. The van der Waals surface area contributed by atoms with Crippen molar-refractivity contribution >= 4 is 22.8 Å². The first-order chi connectivity index (χ1) is 12.6. The number of fused-ring (bicyclic) bond motifs is 1. The number of carbonyl (C=O) groups is 2. The van der Waals surface area contributed by atoms with Gasteiger partial charge in [0.1, 0.15) is 5.69 Å². The van der Waals surface area contributed by atoms with Gasteiger partial charge >= 0.3 is 6.09 Å². The van der Waals surface area contributed by atoms with Crippen LogP contribution in [0.3, 0.4) is 0 Å². The van der Waals surface area contributed by atoms with Gasteiger partial charge in [0.15, 0.2) is 0 Å². The van der Waals surface area contributed by atoms with Crippen LogP contribution in [0.5, 0.6) is 0 Å². The Morgan fingerprint density at radius 1 is 1.08 bits per heavy atom. The minimum atomic E-state index is -0.295. The molecule has 0 N–H and O–H groups in total. The van der Waals surface area contributed by atoms with Gasteiger partial charge in [-0.25, -0.2) is 4.79 Å². The predicted molar refractivity (Wildman–Crippen MR) is 100 cm³/mol. The Labute approximate surface area is 153 Å². The van der Waals surface area contributed by atoms with Crippen molar-refractivity contribution in [2.45, 2.75) is 20.3 Å². The van der Waals surface area contributed by atoms with E-state index in [-0.39, 0.29) is 12.0 Å². The van der Waals surface area contributed by atoms with E-state index >= 15 is 0 Å². The molecular weight excluding hydrogens is 330 g/mol. The molecule has 1 aliphatic rings. The lowest BCUT2D eigenvalue weighted by Gasteiger charge is -2.22. The number of benzene rings is 1. The van der Waals surface area contributed by atoms with Gasteiger partial charge < -0.3 is 14.5 Å². The minimum Gasteiger partial charge on any atom is -0.449 e. The van der Waals surface area contributed by atoms with Crippen LogP contribution < -0.4 is 0 Å². The molecule has 2 aromatic rings. The van der Waals surface area contributed by atoms with Gasteiger partial charge in [-0.05, 0) is 23.8 Å². The van der Waals surface area contributed by atoms with Crippen molar-refractivity contribution in [3.63, 3.8) is 0 Å². The van der Waals surface area contributed by atoms with Crippen LogP contribution in [0.2, 0.25) is 0 Å². The summed E-state index contributed by atoms with van der Waals surface area (Å²) in [4.78, 5) is 32.9. The Balaban J connectivity index is 1.69. The highest BCUT2D eigenvalue weighted by Gasteiger charge is 2.25. The second kappa shape index (κ2) is 8.17. The first kappa shape index (κ1) is 18.2. The van der Waals surface area contributed by atoms with Crippen molar-refractivity contribution in [3.8, 4) is 0 Å². The van der Waals surface area contributed by atoms with Crippen LogP contribution in [0.1, 0.15) is 30.8 Å². The molecule has 1 aromatic carbocycles. The molecule has 6 heteroatoms. The molecule has 3 rings (SSSR count). The lowest BCUT2D eigenvalue weighted by atomic mass is 10.1. The van der Waals surface area contributed by atoms with Gasteiger partial charge in [0.05, 0.1) is 6.61 Å². The van der Waals surface area contributed by atoms with E-state index in [0.717, 1.165) is 17.2 Å². The Bertz CT molecular complexity index is 785. The van der Waals surface area contributed by atoms with Gasteiger partial charge in [0.2, 0.25) is 0 Å². The molecule has 0 spiro atoms. The molecule has 0 bridgehead atoms. The average molecular weight is 355 g/mol. The maximum absolute atomic E-state index is 13.0. The van der Waals surface area contributed by atoms with Crippen LogP contribution in [-0.2, 0) is 4.74 Å². The van der Waals surface area contributed by atoms with E-state index in [1.165, 1.54) is 0 Å². The zero-order chi connectivity index (χ0) is 18.5. The molecule has 1 fully saturated rings. The molecule has 0 radical (unpaired) electrons. The summed E-state index contributed by atoms with van der Waals surface area (Å²) in [7, 11) is 0. The Kier molecular flexibility index (Phi) is 5.71. The van der Waals surface area contributed by atoms with E-state index in [4.69, 9.17) is 4.74 Å². The second-order valence-corrected chi connectivity index (χ2v) is 6.98. The predicted octanol–water partition coefficient (Wildman–Crippen LogP) is 3.18. The topological polar surface area (TPSA) is 62.7 Å². The zero-order valence-electron chi connectivity index (χ0n) is 15.4. The van der Waals surface area contributed by atoms with Crippen LogP contribution in [-0.4, -0.2) is 59.6 Å². The standard InChI is InChI=1S/C20H25N3O3/c1-15(2)14-26-20(25)23-11-5-10-22(12-13-23)19(24)18-17-7-4-3-6-16(17)8-9-21-18/h3-4,6-9,15H,5,10-14H2,1-2H3. The summed E-state index contributed by atoms with van der Waals surface area (Å²) >= 11 is 0. The SMILES string of the molecule is CC(C)COC(=O)N1CCCN(C(=O)c2nccc3ccccc23)CC1. The number of nitrogens with zero attached hydrogens (tertiary/aromatic N) is 3. The highest BCUT2D eigenvalue weighted by Crippen LogP contribution is 2.18. The largest absolute Gasteiger partial charge is 0.449 e. The Hall–Kier alpha value is -2.63. The molecule has 0 aliphatic carbocycles. The van der Waals surface area contributed by atoms with Crippen molar-refractivity contribution < 1.29 is 14.3 Å². The third kappa shape index (κ3) is 4.12. The van der Waals surface area contributed by atoms with E-state index < -0.39 is 0 Å². The normalized spacial score (nSPS) is 15.2. The highest BCUT2D eigenvalue weighted by atomic mass is 16.6. The molecule has 2 heterocycles. The fourth-order valence-corrected chi connectivity index (χ4v) is 3.07. The monoisotopic (exact) mass is 355 g/mol.